The molecule has 4 aromatic rings. The minimum Gasteiger partial charge on any atom is -0.343 e. The van der Waals surface area contributed by atoms with Crippen molar-refractivity contribution >= 4 is 40.5 Å². The molecule has 0 saturated heterocycles. The standard InChI is InChI=1S/C25H21ClN4O2/c26-21-12-10-19(11-13-21)25(32)27-15-24(31)29-28-14-20-17-30(16-18-6-2-1-3-7-18)23-9-5-4-8-22(20)23/h1-14,17H,15-16H2,(H,27,32)(H,29,31)/b28-14-. The summed E-state index contributed by atoms with van der Waals surface area (Å²) in [5, 5.41) is 8.20. The molecule has 160 valence electrons. The van der Waals surface area contributed by atoms with E-state index >= 15 is 0 Å². The van der Waals surface area contributed by atoms with Gasteiger partial charge in [-0.2, -0.15) is 5.10 Å². The van der Waals surface area contributed by atoms with Crippen molar-refractivity contribution in [3.8, 4) is 0 Å². The highest BCUT2D eigenvalue weighted by molar-refractivity contribution is 6.30. The second-order valence-electron chi connectivity index (χ2n) is 7.20. The van der Waals surface area contributed by atoms with Crippen LogP contribution in [0.1, 0.15) is 21.5 Å². The fourth-order valence-corrected chi connectivity index (χ4v) is 3.49. The fourth-order valence-electron chi connectivity index (χ4n) is 3.37. The number of fused-ring (bicyclic) bond motifs is 1. The molecular weight excluding hydrogens is 424 g/mol. The van der Waals surface area contributed by atoms with E-state index in [1.54, 1.807) is 30.5 Å². The second-order valence-corrected chi connectivity index (χ2v) is 7.63. The topological polar surface area (TPSA) is 75.5 Å². The van der Waals surface area contributed by atoms with Crippen LogP contribution in [0.2, 0.25) is 5.02 Å². The molecule has 0 bridgehead atoms. The van der Waals surface area contributed by atoms with Gasteiger partial charge in [-0.3, -0.25) is 9.59 Å². The van der Waals surface area contributed by atoms with Crippen molar-refractivity contribution in [2.24, 2.45) is 5.10 Å². The lowest BCUT2D eigenvalue weighted by atomic mass is 10.2. The van der Waals surface area contributed by atoms with Gasteiger partial charge in [-0.05, 0) is 35.9 Å². The molecule has 3 aromatic carbocycles. The monoisotopic (exact) mass is 444 g/mol. The maximum absolute atomic E-state index is 12.1. The van der Waals surface area contributed by atoms with Gasteiger partial charge in [0.15, 0.2) is 0 Å². The Bertz CT molecular complexity index is 1260. The van der Waals surface area contributed by atoms with E-state index in [9.17, 15) is 9.59 Å². The van der Waals surface area contributed by atoms with Crippen molar-refractivity contribution in [3.63, 3.8) is 0 Å². The number of carbonyl (C=O) groups is 2. The summed E-state index contributed by atoms with van der Waals surface area (Å²) in [6.45, 7) is 0.548. The predicted octanol–water partition coefficient (Wildman–Crippen LogP) is 4.22. The summed E-state index contributed by atoms with van der Waals surface area (Å²) in [5.74, 6) is -0.777. The number of aromatic nitrogens is 1. The third-order valence-electron chi connectivity index (χ3n) is 4.92. The van der Waals surface area contributed by atoms with Crippen LogP contribution in [0.15, 0.2) is 90.2 Å². The molecular formula is C25H21ClN4O2. The van der Waals surface area contributed by atoms with E-state index in [0.717, 1.165) is 23.0 Å². The number of hydrogen-bond acceptors (Lipinski definition) is 3. The minimum absolute atomic E-state index is 0.186. The Morgan fingerprint density at radius 2 is 1.66 bits per heavy atom. The largest absolute Gasteiger partial charge is 0.343 e. The number of para-hydroxylation sites is 1. The molecule has 1 aromatic heterocycles. The van der Waals surface area contributed by atoms with E-state index in [0.29, 0.717) is 10.6 Å². The van der Waals surface area contributed by atoms with E-state index in [1.807, 2.05) is 42.6 Å². The number of amides is 2. The molecule has 0 aliphatic rings. The highest BCUT2D eigenvalue weighted by atomic mass is 35.5. The lowest BCUT2D eigenvalue weighted by molar-refractivity contribution is -0.120. The van der Waals surface area contributed by atoms with Gasteiger partial charge in [-0.1, -0.05) is 60.1 Å². The molecule has 0 fully saturated rings. The van der Waals surface area contributed by atoms with Crippen LogP contribution in [0.4, 0.5) is 0 Å². The van der Waals surface area contributed by atoms with Crippen LogP contribution in [0.5, 0.6) is 0 Å². The summed E-state index contributed by atoms with van der Waals surface area (Å²) >= 11 is 5.82. The van der Waals surface area contributed by atoms with Crippen LogP contribution in [-0.4, -0.2) is 29.1 Å². The van der Waals surface area contributed by atoms with Crippen LogP contribution in [0, 0.1) is 0 Å². The highest BCUT2D eigenvalue weighted by Crippen LogP contribution is 2.21. The summed E-state index contributed by atoms with van der Waals surface area (Å²) in [7, 11) is 0. The van der Waals surface area contributed by atoms with Gasteiger partial charge in [-0.25, -0.2) is 5.43 Å². The quantitative estimate of drug-likeness (QED) is 0.331. The highest BCUT2D eigenvalue weighted by Gasteiger charge is 2.09. The van der Waals surface area contributed by atoms with E-state index in [1.165, 1.54) is 5.56 Å². The summed E-state index contributed by atoms with van der Waals surface area (Å²) in [4.78, 5) is 24.1. The molecule has 32 heavy (non-hydrogen) atoms. The van der Waals surface area contributed by atoms with Gasteiger partial charge in [0.25, 0.3) is 11.8 Å². The average Bonchev–Trinajstić information content (AvgIpc) is 3.16. The lowest BCUT2D eigenvalue weighted by Crippen LogP contribution is -2.34. The molecule has 0 atom stereocenters. The fraction of sp³-hybridized carbons (Fsp3) is 0.0800. The van der Waals surface area contributed by atoms with Crippen LogP contribution in [0.25, 0.3) is 10.9 Å². The molecule has 0 aliphatic heterocycles. The van der Waals surface area contributed by atoms with Gasteiger partial charge < -0.3 is 9.88 Å². The van der Waals surface area contributed by atoms with Crippen LogP contribution < -0.4 is 10.7 Å². The molecule has 4 rings (SSSR count). The van der Waals surface area contributed by atoms with E-state index in [4.69, 9.17) is 11.6 Å². The van der Waals surface area contributed by atoms with Gasteiger partial charge in [0.2, 0.25) is 0 Å². The molecule has 0 radical (unpaired) electrons. The van der Waals surface area contributed by atoms with E-state index in [2.05, 4.69) is 38.6 Å². The Labute approximate surface area is 190 Å². The van der Waals surface area contributed by atoms with Crippen LogP contribution in [-0.2, 0) is 11.3 Å². The second kappa shape index (κ2) is 9.94. The molecule has 2 N–H and O–H groups in total. The van der Waals surface area contributed by atoms with Gasteiger partial charge >= 0.3 is 0 Å². The summed E-state index contributed by atoms with van der Waals surface area (Å²) < 4.78 is 2.15. The third-order valence-corrected chi connectivity index (χ3v) is 5.18. The zero-order valence-electron chi connectivity index (χ0n) is 17.2. The Hall–Kier alpha value is -3.90. The molecule has 1 heterocycles. The average molecular weight is 445 g/mol. The Morgan fingerprint density at radius 3 is 2.44 bits per heavy atom. The number of benzene rings is 3. The van der Waals surface area contributed by atoms with Crippen LogP contribution in [0.3, 0.4) is 0 Å². The first-order valence-corrected chi connectivity index (χ1v) is 10.5. The summed E-state index contributed by atoms with van der Waals surface area (Å²) in [6, 6.07) is 24.7. The number of hydrogen-bond donors (Lipinski definition) is 2. The molecule has 0 spiro atoms. The molecule has 2 amide bonds. The van der Waals surface area contributed by atoms with Crippen molar-refractivity contribution in [1.82, 2.24) is 15.3 Å². The molecule has 0 unspecified atom stereocenters. The number of carbonyl (C=O) groups excluding carboxylic acids is 2. The maximum Gasteiger partial charge on any atom is 0.259 e. The van der Waals surface area contributed by atoms with E-state index in [-0.39, 0.29) is 12.5 Å². The molecule has 0 aliphatic carbocycles. The Morgan fingerprint density at radius 1 is 0.938 bits per heavy atom. The molecule has 0 saturated carbocycles. The summed E-state index contributed by atoms with van der Waals surface area (Å²) in [5.41, 5.74) is 6.05. The third kappa shape index (κ3) is 5.22. The first-order valence-electron chi connectivity index (χ1n) is 10.1. The van der Waals surface area contributed by atoms with Crippen molar-refractivity contribution in [3.05, 3.63) is 107 Å². The number of halogens is 1. The number of nitrogens with zero attached hydrogens (tertiary/aromatic N) is 2. The molecule has 7 heteroatoms. The van der Waals surface area contributed by atoms with Gasteiger partial charge in [0.05, 0.1) is 12.8 Å². The smallest absolute Gasteiger partial charge is 0.259 e. The Kier molecular flexibility index (Phi) is 6.63. The number of hydrazone groups is 1. The van der Waals surface area contributed by atoms with Crippen molar-refractivity contribution in [1.29, 1.82) is 0 Å². The van der Waals surface area contributed by atoms with Crippen molar-refractivity contribution < 1.29 is 9.59 Å². The molecule has 6 nitrogen and oxygen atoms in total. The van der Waals surface area contributed by atoms with Gasteiger partial charge in [-0.15, -0.1) is 0 Å². The van der Waals surface area contributed by atoms with Crippen LogP contribution >= 0.6 is 11.6 Å². The first kappa shape index (κ1) is 21.3. The normalized spacial score (nSPS) is 11.0. The predicted molar refractivity (Wildman–Crippen MR) is 127 cm³/mol. The lowest BCUT2D eigenvalue weighted by Gasteiger charge is -2.05. The van der Waals surface area contributed by atoms with E-state index < -0.39 is 5.91 Å². The zero-order valence-corrected chi connectivity index (χ0v) is 17.9. The van der Waals surface area contributed by atoms with Gasteiger partial charge in [0, 0.05) is 39.8 Å². The SMILES string of the molecule is O=C(CNC(=O)c1ccc(Cl)cc1)N/N=C\c1cn(Cc2ccccc2)c2ccccc12. The summed E-state index contributed by atoms with van der Waals surface area (Å²) in [6.07, 6.45) is 3.62. The number of nitrogens with one attached hydrogen (secondary N) is 2. The maximum atomic E-state index is 12.1. The first-order chi connectivity index (χ1) is 15.6. The Balaban J connectivity index is 1.38. The minimum atomic E-state index is -0.420. The number of rotatable bonds is 7. The zero-order chi connectivity index (χ0) is 22.3. The van der Waals surface area contributed by atoms with Gasteiger partial charge in [0.1, 0.15) is 0 Å². The van der Waals surface area contributed by atoms with Crippen molar-refractivity contribution in [2.75, 3.05) is 6.54 Å². The van der Waals surface area contributed by atoms with Crippen molar-refractivity contribution in [2.45, 2.75) is 6.54 Å².